The number of piperazine rings is 1. The molecule has 5 amide bonds. The molecule has 7 rings (SSSR count). The quantitative estimate of drug-likeness (QED) is 0.374. The van der Waals surface area contributed by atoms with Gasteiger partial charge in [0.05, 0.1) is 0 Å². The molecule has 3 aromatic rings. The third-order valence-electron chi connectivity index (χ3n) is 11.1. The number of anilines is 1. The van der Waals surface area contributed by atoms with Gasteiger partial charge in [-0.25, -0.2) is 9.59 Å². The molecule has 4 aliphatic rings. The standard InChI is InChI=1S/C37H50N8O3/c1-26-23-27(24-29-7-13-38-34(26)29)25-33(35(46)43-14-9-30(10-15-43)42-21-19-41(2)20-22-42)40-36(47)44-16-11-31(12-17-44)45-18-8-28-5-3-4-6-32(28)39-37(45)48/h3-7,13,23-24,30-31,33,38H,8-12,14-22,25H2,1-2H3,(H,39,48)(H,40,47). The summed E-state index contributed by atoms with van der Waals surface area (Å²) in [5.74, 6) is 0.00249. The van der Waals surface area contributed by atoms with Crippen LogP contribution in [0.25, 0.3) is 10.9 Å². The second-order valence-electron chi connectivity index (χ2n) is 14.2. The van der Waals surface area contributed by atoms with E-state index in [-0.39, 0.29) is 24.0 Å². The van der Waals surface area contributed by atoms with E-state index < -0.39 is 6.04 Å². The molecule has 0 aliphatic carbocycles. The van der Waals surface area contributed by atoms with Crippen molar-refractivity contribution in [3.05, 3.63) is 65.4 Å². The molecule has 0 spiro atoms. The molecular formula is C37H50N8O3. The molecule has 1 unspecified atom stereocenters. The number of nitrogens with one attached hydrogen (secondary N) is 3. The van der Waals surface area contributed by atoms with Crippen molar-refractivity contribution in [2.45, 2.75) is 63.6 Å². The number of aromatic nitrogens is 1. The molecule has 4 aliphatic heterocycles. The second-order valence-corrected chi connectivity index (χ2v) is 14.2. The molecule has 3 fully saturated rings. The van der Waals surface area contributed by atoms with Crippen LogP contribution < -0.4 is 10.6 Å². The molecule has 1 aromatic heterocycles. The second kappa shape index (κ2) is 14.2. The van der Waals surface area contributed by atoms with Gasteiger partial charge in [-0.05, 0) is 86.4 Å². The van der Waals surface area contributed by atoms with E-state index >= 15 is 0 Å². The summed E-state index contributed by atoms with van der Waals surface area (Å²) in [6.07, 6.45) is 6.53. The minimum Gasteiger partial charge on any atom is -0.361 e. The van der Waals surface area contributed by atoms with E-state index in [0.29, 0.717) is 58.0 Å². The number of amides is 5. The van der Waals surface area contributed by atoms with Crippen LogP contribution in [0.1, 0.15) is 42.4 Å². The number of urea groups is 2. The lowest BCUT2D eigenvalue weighted by Crippen LogP contribution is -2.58. The summed E-state index contributed by atoms with van der Waals surface area (Å²) >= 11 is 0. The SMILES string of the molecule is Cc1cc(CC(NC(=O)N2CCC(N3CCc4ccccc4NC3=O)CC2)C(=O)N2CCC(N3CCN(C)CC3)CC2)cc2cc[nH]c12. The van der Waals surface area contributed by atoms with Gasteiger partial charge in [0.1, 0.15) is 6.04 Å². The fourth-order valence-electron chi connectivity index (χ4n) is 8.21. The number of hydrogen-bond donors (Lipinski definition) is 3. The molecule has 11 nitrogen and oxygen atoms in total. The number of para-hydroxylation sites is 1. The Morgan fingerprint density at radius 3 is 2.35 bits per heavy atom. The van der Waals surface area contributed by atoms with Crippen LogP contribution in [0.5, 0.6) is 0 Å². The number of carbonyl (C=O) groups is 3. The Hall–Kier alpha value is -4.09. The van der Waals surface area contributed by atoms with E-state index in [1.54, 1.807) is 0 Å². The number of likely N-dealkylation sites (N-methyl/N-ethyl adjacent to an activating group) is 1. The van der Waals surface area contributed by atoms with Crippen molar-refractivity contribution in [1.82, 2.24) is 34.8 Å². The normalized spacial score (nSPS) is 21.1. The molecule has 5 heterocycles. The molecule has 0 bridgehead atoms. The number of rotatable bonds is 6. The largest absolute Gasteiger partial charge is 0.361 e. The van der Waals surface area contributed by atoms with Gasteiger partial charge in [-0.3, -0.25) is 9.69 Å². The Bertz CT molecular complexity index is 1620. The molecule has 48 heavy (non-hydrogen) atoms. The van der Waals surface area contributed by atoms with Crippen LogP contribution in [0.3, 0.4) is 0 Å². The number of aromatic amines is 1. The maximum atomic E-state index is 14.2. The molecule has 0 radical (unpaired) electrons. The Morgan fingerprint density at radius 1 is 0.875 bits per heavy atom. The predicted molar refractivity (Wildman–Crippen MR) is 188 cm³/mol. The lowest BCUT2D eigenvalue weighted by Gasteiger charge is -2.42. The number of hydrogen-bond acceptors (Lipinski definition) is 5. The average molecular weight is 655 g/mol. The van der Waals surface area contributed by atoms with Crippen molar-refractivity contribution >= 4 is 34.6 Å². The average Bonchev–Trinajstić information content (AvgIpc) is 3.52. The summed E-state index contributed by atoms with van der Waals surface area (Å²) in [7, 11) is 2.18. The van der Waals surface area contributed by atoms with E-state index in [0.717, 1.165) is 78.7 Å². The van der Waals surface area contributed by atoms with Crippen LogP contribution in [0.4, 0.5) is 15.3 Å². The van der Waals surface area contributed by atoms with Gasteiger partial charge in [0.25, 0.3) is 0 Å². The van der Waals surface area contributed by atoms with Crippen molar-refractivity contribution in [3.63, 3.8) is 0 Å². The van der Waals surface area contributed by atoms with Crippen molar-refractivity contribution in [2.24, 2.45) is 0 Å². The van der Waals surface area contributed by atoms with E-state index in [4.69, 9.17) is 0 Å². The molecule has 3 N–H and O–H groups in total. The van der Waals surface area contributed by atoms with Crippen molar-refractivity contribution < 1.29 is 14.4 Å². The van der Waals surface area contributed by atoms with Crippen LogP contribution in [0, 0.1) is 6.92 Å². The fraction of sp³-hybridized carbons (Fsp3) is 0.541. The zero-order chi connectivity index (χ0) is 33.2. The summed E-state index contributed by atoms with van der Waals surface area (Å²) < 4.78 is 0. The first-order valence-corrected chi connectivity index (χ1v) is 17.8. The highest BCUT2D eigenvalue weighted by molar-refractivity contribution is 5.91. The maximum absolute atomic E-state index is 14.2. The monoisotopic (exact) mass is 654 g/mol. The number of carbonyl (C=O) groups excluding carboxylic acids is 3. The van der Waals surface area contributed by atoms with Crippen molar-refractivity contribution in [3.8, 4) is 0 Å². The minimum atomic E-state index is -0.652. The van der Waals surface area contributed by atoms with Crippen LogP contribution in [-0.2, 0) is 17.6 Å². The number of piperidine rings is 2. The first-order chi connectivity index (χ1) is 23.3. The number of nitrogens with zero attached hydrogens (tertiary/aromatic N) is 5. The number of aryl methyl sites for hydroxylation is 1. The Labute approximate surface area is 283 Å². The Morgan fingerprint density at radius 2 is 1.58 bits per heavy atom. The summed E-state index contributed by atoms with van der Waals surface area (Å²) in [6.45, 7) is 9.60. The molecule has 2 aromatic carbocycles. The molecular weight excluding hydrogens is 604 g/mol. The van der Waals surface area contributed by atoms with Crippen LogP contribution in [0.15, 0.2) is 48.7 Å². The lowest BCUT2D eigenvalue weighted by molar-refractivity contribution is -0.135. The third-order valence-corrected chi connectivity index (χ3v) is 11.1. The number of likely N-dealkylation sites (tertiary alicyclic amines) is 2. The molecule has 11 heteroatoms. The van der Waals surface area contributed by atoms with Gasteiger partial charge in [-0.1, -0.05) is 24.3 Å². The highest BCUT2D eigenvalue weighted by Gasteiger charge is 2.35. The van der Waals surface area contributed by atoms with E-state index in [1.165, 1.54) is 0 Å². The van der Waals surface area contributed by atoms with Crippen molar-refractivity contribution in [2.75, 3.05) is 71.3 Å². The topological polar surface area (TPSA) is 107 Å². The summed E-state index contributed by atoms with van der Waals surface area (Å²) in [4.78, 5) is 55.1. The van der Waals surface area contributed by atoms with Crippen molar-refractivity contribution in [1.29, 1.82) is 0 Å². The molecule has 0 saturated carbocycles. The summed E-state index contributed by atoms with van der Waals surface area (Å²) in [5, 5.41) is 7.37. The van der Waals surface area contributed by atoms with E-state index in [9.17, 15) is 14.4 Å². The number of benzene rings is 2. The lowest BCUT2D eigenvalue weighted by atomic mass is 9.98. The first kappa shape index (κ1) is 32.5. The smallest absolute Gasteiger partial charge is 0.322 e. The predicted octanol–water partition coefficient (Wildman–Crippen LogP) is 3.89. The summed E-state index contributed by atoms with van der Waals surface area (Å²) in [6, 6.07) is 13.9. The molecule has 3 saturated heterocycles. The zero-order valence-corrected chi connectivity index (χ0v) is 28.4. The van der Waals surface area contributed by atoms with Crippen LogP contribution in [0.2, 0.25) is 0 Å². The van der Waals surface area contributed by atoms with Gasteiger partial charge < -0.3 is 35.2 Å². The molecule has 256 valence electrons. The van der Waals surface area contributed by atoms with Gasteiger partial charge >= 0.3 is 12.1 Å². The Balaban J connectivity index is 0.996. The highest BCUT2D eigenvalue weighted by Crippen LogP contribution is 2.26. The van der Waals surface area contributed by atoms with Gasteiger partial charge in [-0.15, -0.1) is 0 Å². The minimum absolute atomic E-state index is 0.00249. The highest BCUT2D eigenvalue weighted by atomic mass is 16.2. The summed E-state index contributed by atoms with van der Waals surface area (Å²) in [5.41, 5.74) is 5.29. The first-order valence-electron chi connectivity index (χ1n) is 17.8. The maximum Gasteiger partial charge on any atom is 0.322 e. The zero-order valence-electron chi connectivity index (χ0n) is 28.4. The number of H-pyrrole nitrogens is 1. The van der Waals surface area contributed by atoms with E-state index in [1.807, 2.05) is 39.1 Å². The van der Waals surface area contributed by atoms with Gasteiger partial charge in [0.2, 0.25) is 5.91 Å². The van der Waals surface area contributed by atoms with Gasteiger partial charge in [-0.2, -0.15) is 0 Å². The van der Waals surface area contributed by atoms with Crippen LogP contribution >= 0.6 is 0 Å². The van der Waals surface area contributed by atoms with Gasteiger partial charge in [0, 0.05) is 94.8 Å². The number of fused-ring (bicyclic) bond motifs is 2. The molecule has 1 atom stereocenters. The Kier molecular flexibility index (Phi) is 9.59. The third kappa shape index (κ3) is 7.03. The van der Waals surface area contributed by atoms with E-state index in [2.05, 4.69) is 63.7 Å². The van der Waals surface area contributed by atoms with Gasteiger partial charge in [0.15, 0.2) is 0 Å². The fourth-order valence-corrected chi connectivity index (χ4v) is 8.21. The van der Waals surface area contributed by atoms with Crippen LogP contribution in [-0.4, -0.2) is 132 Å².